The zero-order valence-electron chi connectivity index (χ0n) is 16.4. The molecule has 0 saturated carbocycles. The first-order valence-corrected chi connectivity index (χ1v) is 9.78. The molecule has 3 aromatic rings. The van der Waals surface area contributed by atoms with E-state index in [0.717, 1.165) is 11.1 Å². The molecule has 5 heteroatoms. The number of carbonyl (C=O) groups is 2. The molecule has 0 aromatic heterocycles. The Kier molecular flexibility index (Phi) is 4.36. The van der Waals surface area contributed by atoms with E-state index >= 15 is 0 Å². The number of fused-ring (bicyclic) bond motifs is 2. The van der Waals surface area contributed by atoms with Crippen LogP contribution >= 0.6 is 0 Å². The van der Waals surface area contributed by atoms with Crippen LogP contribution in [0.4, 0.5) is 5.69 Å². The van der Waals surface area contributed by atoms with Crippen molar-refractivity contribution in [1.29, 1.82) is 0 Å². The Morgan fingerprint density at radius 3 is 2.30 bits per heavy atom. The number of hydrogen-bond donors (Lipinski definition) is 0. The van der Waals surface area contributed by atoms with Crippen LogP contribution in [0.3, 0.4) is 0 Å². The second-order valence-electron chi connectivity index (χ2n) is 7.24. The lowest BCUT2D eigenvalue weighted by Gasteiger charge is -2.29. The maximum absolute atomic E-state index is 13.5. The van der Waals surface area contributed by atoms with E-state index in [2.05, 4.69) is 0 Å². The highest BCUT2D eigenvalue weighted by atomic mass is 16.6. The summed E-state index contributed by atoms with van der Waals surface area (Å²) in [7, 11) is 0. The van der Waals surface area contributed by atoms with Crippen LogP contribution in [0.25, 0.3) is 11.6 Å². The fraction of sp³-hybridized carbons (Fsp3) is 0.120. The molecule has 0 saturated heterocycles. The summed E-state index contributed by atoms with van der Waals surface area (Å²) in [4.78, 5) is 28.0. The molecule has 148 valence electrons. The van der Waals surface area contributed by atoms with Gasteiger partial charge in [0, 0.05) is 11.1 Å². The highest BCUT2D eigenvalue weighted by Crippen LogP contribution is 2.36. The lowest BCUT2D eigenvalue weighted by atomic mass is 9.91. The van der Waals surface area contributed by atoms with Gasteiger partial charge >= 0.3 is 0 Å². The van der Waals surface area contributed by atoms with Gasteiger partial charge in [-0.1, -0.05) is 42.5 Å². The van der Waals surface area contributed by atoms with Crippen molar-refractivity contribution in [2.75, 3.05) is 18.1 Å². The maximum atomic E-state index is 13.5. The van der Waals surface area contributed by atoms with E-state index in [0.29, 0.717) is 47.1 Å². The second-order valence-corrected chi connectivity index (χ2v) is 7.24. The quantitative estimate of drug-likeness (QED) is 0.472. The van der Waals surface area contributed by atoms with Crippen molar-refractivity contribution in [2.45, 2.75) is 6.92 Å². The van der Waals surface area contributed by atoms with E-state index in [1.54, 1.807) is 18.2 Å². The van der Waals surface area contributed by atoms with E-state index in [-0.39, 0.29) is 11.8 Å². The molecular formula is C25H19NO4. The fourth-order valence-corrected chi connectivity index (χ4v) is 3.84. The van der Waals surface area contributed by atoms with Crippen molar-refractivity contribution >= 4 is 29.2 Å². The summed E-state index contributed by atoms with van der Waals surface area (Å²) in [6.45, 7) is 2.90. The van der Waals surface area contributed by atoms with E-state index in [9.17, 15) is 9.59 Å². The molecule has 2 heterocycles. The summed E-state index contributed by atoms with van der Waals surface area (Å²) in [5.74, 6) is 0.682. The highest BCUT2D eigenvalue weighted by Gasteiger charge is 2.36. The first-order chi connectivity index (χ1) is 14.6. The molecule has 0 fully saturated rings. The van der Waals surface area contributed by atoms with Crippen LogP contribution in [-0.2, 0) is 4.79 Å². The SMILES string of the molecule is Cc1ccccc1N1C(=O)/C(=C\c2ccc3c(c2)OCCO3)c2ccccc2C1=O. The highest BCUT2D eigenvalue weighted by molar-refractivity contribution is 6.43. The average Bonchev–Trinajstić information content (AvgIpc) is 2.78. The molecule has 3 aromatic carbocycles. The molecule has 0 unspecified atom stereocenters. The zero-order chi connectivity index (χ0) is 20.7. The molecule has 2 aliphatic rings. The third-order valence-electron chi connectivity index (χ3n) is 5.32. The first-order valence-electron chi connectivity index (χ1n) is 9.78. The van der Waals surface area contributed by atoms with Crippen molar-refractivity contribution in [3.63, 3.8) is 0 Å². The molecule has 30 heavy (non-hydrogen) atoms. The third kappa shape index (κ3) is 2.95. The van der Waals surface area contributed by atoms with Crippen molar-refractivity contribution in [3.8, 4) is 11.5 Å². The minimum absolute atomic E-state index is 0.316. The Hall–Kier alpha value is -3.86. The molecule has 5 rings (SSSR count). The lowest BCUT2D eigenvalue weighted by Crippen LogP contribution is -2.42. The molecule has 0 atom stereocenters. The molecule has 0 bridgehead atoms. The van der Waals surface area contributed by atoms with Crippen LogP contribution in [-0.4, -0.2) is 25.0 Å². The number of hydrogen-bond acceptors (Lipinski definition) is 4. The molecule has 2 amide bonds. The average molecular weight is 397 g/mol. The van der Waals surface area contributed by atoms with Crippen molar-refractivity contribution in [2.24, 2.45) is 0 Å². The van der Waals surface area contributed by atoms with Gasteiger partial charge in [-0.3, -0.25) is 9.59 Å². The standard InChI is InChI=1S/C25H19NO4/c1-16-6-2-5-9-21(16)26-24(27)19-8-4-3-7-18(19)20(25(26)28)14-17-10-11-22-23(15-17)30-13-12-29-22/h2-11,14-15H,12-13H2,1H3/b20-14-. The van der Waals surface area contributed by atoms with Crippen LogP contribution in [0.5, 0.6) is 11.5 Å². The summed E-state index contributed by atoms with van der Waals surface area (Å²) in [5.41, 5.74) is 3.85. The van der Waals surface area contributed by atoms with E-state index in [1.165, 1.54) is 4.90 Å². The largest absolute Gasteiger partial charge is 0.486 e. The number of imide groups is 1. The number of amides is 2. The summed E-state index contributed by atoms with van der Waals surface area (Å²) >= 11 is 0. The molecule has 0 aliphatic carbocycles. The minimum Gasteiger partial charge on any atom is -0.486 e. The van der Waals surface area contributed by atoms with Gasteiger partial charge in [-0.25, -0.2) is 4.90 Å². The number of nitrogens with zero attached hydrogens (tertiary/aromatic N) is 1. The van der Waals surface area contributed by atoms with E-state index < -0.39 is 0 Å². The number of anilines is 1. The molecule has 0 spiro atoms. The Balaban J connectivity index is 1.66. The van der Waals surface area contributed by atoms with Gasteiger partial charge in [-0.05, 0) is 54.0 Å². The van der Waals surface area contributed by atoms with Gasteiger partial charge in [0.2, 0.25) is 0 Å². The smallest absolute Gasteiger partial charge is 0.265 e. The number of aryl methyl sites for hydroxylation is 1. The second kappa shape index (κ2) is 7.19. The Morgan fingerprint density at radius 1 is 0.800 bits per heavy atom. The number of carbonyl (C=O) groups excluding carboxylic acids is 2. The van der Waals surface area contributed by atoms with Crippen molar-refractivity contribution < 1.29 is 19.1 Å². The first kappa shape index (κ1) is 18.2. The van der Waals surface area contributed by atoms with Crippen molar-refractivity contribution in [3.05, 3.63) is 89.0 Å². The number of benzene rings is 3. The molecule has 2 aliphatic heterocycles. The Morgan fingerprint density at radius 2 is 1.50 bits per heavy atom. The number of rotatable bonds is 2. The third-order valence-corrected chi connectivity index (χ3v) is 5.32. The lowest BCUT2D eigenvalue weighted by molar-refractivity contribution is -0.112. The molecule has 5 nitrogen and oxygen atoms in total. The Bertz CT molecular complexity index is 1210. The maximum Gasteiger partial charge on any atom is 0.265 e. The van der Waals surface area contributed by atoms with Crippen LogP contribution < -0.4 is 14.4 Å². The van der Waals surface area contributed by atoms with Gasteiger partial charge < -0.3 is 9.47 Å². The van der Waals surface area contributed by atoms with Crippen LogP contribution in [0, 0.1) is 6.92 Å². The number of ether oxygens (including phenoxy) is 2. The van der Waals surface area contributed by atoms with Gasteiger partial charge in [0.05, 0.1) is 5.69 Å². The predicted octanol–water partition coefficient (Wildman–Crippen LogP) is 4.49. The zero-order valence-corrected chi connectivity index (χ0v) is 16.4. The molecule has 0 N–H and O–H groups in total. The van der Waals surface area contributed by atoms with E-state index in [1.807, 2.05) is 61.5 Å². The monoisotopic (exact) mass is 397 g/mol. The normalized spacial score (nSPS) is 16.6. The Labute approximate surface area is 174 Å². The van der Waals surface area contributed by atoms with Gasteiger partial charge in [0.15, 0.2) is 11.5 Å². The summed E-state index contributed by atoms with van der Waals surface area (Å²) in [6.07, 6.45) is 1.80. The fourth-order valence-electron chi connectivity index (χ4n) is 3.84. The summed E-state index contributed by atoms with van der Waals surface area (Å²) in [5, 5.41) is 0. The van der Waals surface area contributed by atoms with E-state index in [4.69, 9.17) is 9.47 Å². The minimum atomic E-state index is -0.345. The van der Waals surface area contributed by atoms with Crippen molar-refractivity contribution in [1.82, 2.24) is 0 Å². The molecular weight excluding hydrogens is 378 g/mol. The van der Waals surface area contributed by atoms with Gasteiger partial charge in [-0.15, -0.1) is 0 Å². The number of para-hydroxylation sites is 1. The van der Waals surface area contributed by atoms with Crippen LogP contribution in [0.15, 0.2) is 66.7 Å². The van der Waals surface area contributed by atoms with Gasteiger partial charge in [0.1, 0.15) is 13.2 Å². The summed E-state index contributed by atoms with van der Waals surface area (Å²) < 4.78 is 11.3. The topological polar surface area (TPSA) is 55.8 Å². The van der Waals surface area contributed by atoms with Gasteiger partial charge in [-0.2, -0.15) is 0 Å². The van der Waals surface area contributed by atoms with Gasteiger partial charge in [0.25, 0.3) is 11.8 Å². The van der Waals surface area contributed by atoms with Crippen LogP contribution in [0.2, 0.25) is 0 Å². The predicted molar refractivity (Wildman–Crippen MR) is 115 cm³/mol. The van der Waals surface area contributed by atoms with Crippen LogP contribution in [0.1, 0.15) is 27.0 Å². The summed E-state index contributed by atoms with van der Waals surface area (Å²) in [6, 6.07) is 20.2. The molecule has 0 radical (unpaired) electrons.